The van der Waals surface area contributed by atoms with E-state index >= 15 is 0 Å². The summed E-state index contributed by atoms with van der Waals surface area (Å²) in [6.07, 6.45) is 1.88. The number of carbonyl (C=O) groups is 2. The van der Waals surface area contributed by atoms with Gasteiger partial charge in [-0.05, 0) is 32.4 Å². The van der Waals surface area contributed by atoms with E-state index in [2.05, 4.69) is 10.5 Å². The zero-order valence-corrected chi connectivity index (χ0v) is 13.7. The highest BCUT2D eigenvalue weighted by Crippen LogP contribution is 2.13. The minimum atomic E-state index is -0.747. The van der Waals surface area contributed by atoms with Crippen molar-refractivity contribution in [2.75, 3.05) is 11.9 Å². The molecule has 0 radical (unpaired) electrons. The van der Waals surface area contributed by atoms with Crippen molar-refractivity contribution in [1.29, 1.82) is 0 Å². The van der Waals surface area contributed by atoms with Crippen LogP contribution in [0.3, 0.4) is 0 Å². The van der Waals surface area contributed by atoms with Crippen LogP contribution >= 0.6 is 0 Å². The first-order valence-corrected chi connectivity index (χ1v) is 7.60. The lowest BCUT2D eigenvalue weighted by Crippen LogP contribution is -2.32. The minimum Gasteiger partial charge on any atom is -0.464 e. The molecule has 0 aliphatic carbocycles. The van der Waals surface area contributed by atoms with Crippen molar-refractivity contribution in [3.05, 3.63) is 46.2 Å². The van der Waals surface area contributed by atoms with E-state index in [1.165, 1.54) is 22.9 Å². The molecule has 0 aliphatic heterocycles. The van der Waals surface area contributed by atoms with Gasteiger partial charge < -0.3 is 14.6 Å². The Morgan fingerprint density at radius 3 is 2.75 bits per heavy atom. The SMILES string of the molecule is CCOC(=O)[C@H](CC)n1cccc(NC(=O)c2cc(C)on2)c1=O. The number of aromatic nitrogens is 2. The lowest BCUT2D eigenvalue weighted by atomic mass is 10.2. The molecular weight excluding hydrogens is 314 g/mol. The van der Waals surface area contributed by atoms with Gasteiger partial charge in [0.25, 0.3) is 11.5 Å². The van der Waals surface area contributed by atoms with Crippen LogP contribution < -0.4 is 10.9 Å². The Balaban J connectivity index is 2.28. The van der Waals surface area contributed by atoms with Crippen LogP contribution in [0.15, 0.2) is 33.7 Å². The third-order valence-electron chi connectivity index (χ3n) is 3.36. The third-order valence-corrected chi connectivity index (χ3v) is 3.36. The molecule has 1 amide bonds. The fourth-order valence-electron chi connectivity index (χ4n) is 2.23. The van der Waals surface area contributed by atoms with E-state index in [4.69, 9.17) is 9.26 Å². The van der Waals surface area contributed by atoms with Gasteiger partial charge in [0, 0.05) is 12.3 Å². The highest BCUT2D eigenvalue weighted by atomic mass is 16.5. The maximum Gasteiger partial charge on any atom is 0.329 e. The average molecular weight is 333 g/mol. The number of carbonyl (C=O) groups excluding carboxylic acids is 2. The summed E-state index contributed by atoms with van der Waals surface area (Å²) in [5.41, 5.74) is -0.378. The molecule has 8 nitrogen and oxygen atoms in total. The van der Waals surface area contributed by atoms with Crippen LogP contribution in [0, 0.1) is 6.92 Å². The van der Waals surface area contributed by atoms with Gasteiger partial charge in [0.1, 0.15) is 17.5 Å². The molecule has 0 fully saturated rings. The standard InChI is InChI=1S/C16H19N3O5/c1-4-13(16(22)23-5-2)19-8-6-7-11(15(19)21)17-14(20)12-9-10(3)24-18-12/h6-9,13H,4-5H2,1-3H3,(H,17,20)/t13-/m0/s1. The van der Waals surface area contributed by atoms with Crippen LogP contribution in [0.5, 0.6) is 0 Å². The number of nitrogens with zero attached hydrogens (tertiary/aromatic N) is 2. The second-order valence-electron chi connectivity index (χ2n) is 5.09. The Morgan fingerprint density at radius 2 is 2.17 bits per heavy atom. The average Bonchev–Trinajstić information content (AvgIpc) is 2.98. The molecule has 2 aromatic rings. The second kappa shape index (κ2) is 7.58. The quantitative estimate of drug-likeness (QED) is 0.810. The maximum atomic E-state index is 12.5. The largest absolute Gasteiger partial charge is 0.464 e. The van der Waals surface area contributed by atoms with Crippen LogP contribution in [0.25, 0.3) is 0 Å². The van der Waals surface area contributed by atoms with E-state index in [0.717, 1.165) is 0 Å². The Bertz CT molecular complexity index is 793. The number of ether oxygens (including phenoxy) is 1. The van der Waals surface area contributed by atoms with Crippen LogP contribution in [0.4, 0.5) is 5.69 Å². The first-order valence-electron chi connectivity index (χ1n) is 7.60. The Hall–Kier alpha value is -2.90. The molecule has 24 heavy (non-hydrogen) atoms. The van der Waals surface area contributed by atoms with Gasteiger partial charge >= 0.3 is 5.97 Å². The molecule has 0 aromatic carbocycles. The number of hydrogen-bond donors (Lipinski definition) is 1. The van der Waals surface area contributed by atoms with Gasteiger partial charge in [-0.15, -0.1) is 0 Å². The fourth-order valence-corrected chi connectivity index (χ4v) is 2.23. The predicted molar refractivity (Wildman–Crippen MR) is 85.9 cm³/mol. The number of hydrogen-bond acceptors (Lipinski definition) is 6. The number of pyridine rings is 1. The highest BCUT2D eigenvalue weighted by Gasteiger charge is 2.22. The molecular formula is C16H19N3O5. The number of anilines is 1. The molecule has 0 saturated heterocycles. The van der Waals surface area contributed by atoms with Gasteiger partial charge in [-0.25, -0.2) is 4.79 Å². The van der Waals surface area contributed by atoms with Crippen molar-refractivity contribution in [3.63, 3.8) is 0 Å². The van der Waals surface area contributed by atoms with E-state index in [9.17, 15) is 14.4 Å². The molecule has 0 spiro atoms. The minimum absolute atomic E-state index is 0.0471. The molecule has 0 bridgehead atoms. The summed E-state index contributed by atoms with van der Waals surface area (Å²) in [4.78, 5) is 36.6. The lowest BCUT2D eigenvalue weighted by molar-refractivity contribution is -0.147. The molecule has 1 atom stereocenters. The van der Waals surface area contributed by atoms with E-state index in [0.29, 0.717) is 12.2 Å². The monoisotopic (exact) mass is 333 g/mol. The van der Waals surface area contributed by atoms with Crippen LogP contribution in [-0.4, -0.2) is 28.2 Å². The summed E-state index contributed by atoms with van der Waals surface area (Å²) in [6.45, 7) is 5.36. The summed E-state index contributed by atoms with van der Waals surface area (Å²) in [5, 5.41) is 6.08. The van der Waals surface area contributed by atoms with E-state index in [-0.39, 0.29) is 18.0 Å². The van der Waals surface area contributed by atoms with Gasteiger partial charge in [-0.3, -0.25) is 14.2 Å². The number of amides is 1. The topological polar surface area (TPSA) is 103 Å². The van der Waals surface area contributed by atoms with Crippen molar-refractivity contribution in [2.45, 2.75) is 33.2 Å². The molecule has 2 aromatic heterocycles. The summed E-state index contributed by atoms with van der Waals surface area (Å²) >= 11 is 0. The van der Waals surface area contributed by atoms with Crippen molar-refractivity contribution in [2.24, 2.45) is 0 Å². The number of esters is 1. The summed E-state index contributed by atoms with van der Waals surface area (Å²) in [7, 11) is 0. The fraction of sp³-hybridized carbons (Fsp3) is 0.375. The van der Waals surface area contributed by atoms with Crippen LogP contribution in [0.2, 0.25) is 0 Å². The van der Waals surface area contributed by atoms with E-state index < -0.39 is 23.5 Å². The van der Waals surface area contributed by atoms with Crippen molar-refractivity contribution < 1.29 is 18.8 Å². The molecule has 2 rings (SSSR count). The number of rotatable bonds is 6. The lowest BCUT2D eigenvalue weighted by Gasteiger charge is -2.17. The molecule has 2 heterocycles. The number of aryl methyl sites for hydroxylation is 1. The molecule has 0 unspecified atom stereocenters. The molecule has 1 N–H and O–H groups in total. The first kappa shape index (κ1) is 17.5. The van der Waals surface area contributed by atoms with E-state index in [1.54, 1.807) is 26.8 Å². The van der Waals surface area contributed by atoms with Gasteiger partial charge in [0.2, 0.25) is 0 Å². The van der Waals surface area contributed by atoms with Gasteiger partial charge in [0.15, 0.2) is 5.69 Å². The van der Waals surface area contributed by atoms with Crippen molar-refractivity contribution >= 4 is 17.6 Å². The molecule has 8 heteroatoms. The Morgan fingerprint density at radius 1 is 1.42 bits per heavy atom. The van der Waals surface area contributed by atoms with E-state index in [1.807, 2.05) is 0 Å². The predicted octanol–water partition coefficient (Wildman–Crippen LogP) is 1.91. The van der Waals surface area contributed by atoms with Gasteiger partial charge in [0.05, 0.1) is 6.61 Å². The second-order valence-corrected chi connectivity index (χ2v) is 5.09. The van der Waals surface area contributed by atoms with Gasteiger partial charge in [-0.1, -0.05) is 12.1 Å². The molecule has 0 saturated carbocycles. The summed E-state index contributed by atoms with van der Waals surface area (Å²) in [6, 6.07) is 3.75. The van der Waals surface area contributed by atoms with Crippen molar-refractivity contribution in [3.8, 4) is 0 Å². The van der Waals surface area contributed by atoms with Gasteiger partial charge in [-0.2, -0.15) is 0 Å². The third kappa shape index (κ3) is 3.70. The summed E-state index contributed by atoms with van der Waals surface area (Å²) in [5.74, 6) is -0.567. The normalized spacial score (nSPS) is 11.8. The smallest absolute Gasteiger partial charge is 0.329 e. The molecule has 0 aliphatic rings. The zero-order chi connectivity index (χ0) is 17.7. The summed E-state index contributed by atoms with van der Waals surface area (Å²) < 4.78 is 11.1. The zero-order valence-electron chi connectivity index (χ0n) is 13.7. The van der Waals surface area contributed by atoms with Crippen LogP contribution in [0.1, 0.15) is 42.6 Å². The first-order chi connectivity index (χ1) is 11.5. The maximum absolute atomic E-state index is 12.5. The highest BCUT2D eigenvalue weighted by molar-refractivity contribution is 6.02. The molecule has 128 valence electrons. The number of nitrogens with one attached hydrogen (secondary N) is 1. The van der Waals surface area contributed by atoms with Crippen molar-refractivity contribution in [1.82, 2.24) is 9.72 Å². The Labute approximate surface area is 138 Å². The van der Waals surface area contributed by atoms with Crippen LogP contribution in [-0.2, 0) is 9.53 Å². The Kier molecular flexibility index (Phi) is 5.51.